The van der Waals surface area contributed by atoms with Crippen LogP contribution in [-0.4, -0.2) is 27.8 Å². The van der Waals surface area contributed by atoms with Gasteiger partial charge in [-0.15, -0.1) is 11.8 Å². The molecule has 0 aliphatic carbocycles. The SMILES string of the molecule is CSc1ccc(-c2ccnc3nc(NCCc4ccccc4)[nH]c(=O)c23)cc1. The summed E-state index contributed by atoms with van der Waals surface area (Å²) < 4.78 is 0. The van der Waals surface area contributed by atoms with Crippen LogP contribution in [0, 0.1) is 0 Å². The minimum Gasteiger partial charge on any atom is -0.355 e. The molecule has 2 heterocycles. The Balaban J connectivity index is 1.61. The predicted molar refractivity (Wildman–Crippen MR) is 116 cm³/mol. The molecule has 0 aliphatic heterocycles. The van der Waals surface area contributed by atoms with E-state index in [9.17, 15) is 4.79 Å². The second kappa shape index (κ2) is 8.27. The van der Waals surface area contributed by atoms with Gasteiger partial charge in [0.2, 0.25) is 5.95 Å². The van der Waals surface area contributed by atoms with Crippen molar-refractivity contribution in [3.8, 4) is 11.1 Å². The molecule has 0 spiro atoms. The van der Waals surface area contributed by atoms with E-state index in [1.807, 2.05) is 54.8 Å². The van der Waals surface area contributed by atoms with E-state index in [1.165, 1.54) is 10.5 Å². The Morgan fingerprint density at radius 1 is 1.04 bits per heavy atom. The van der Waals surface area contributed by atoms with Gasteiger partial charge in [0.15, 0.2) is 5.65 Å². The van der Waals surface area contributed by atoms with Crippen LogP contribution in [0.25, 0.3) is 22.2 Å². The van der Waals surface area contributed by atoms with E-state index in [-0.39, 0.29) is 5.56 Å². The summed E-state index contributed by atoms with van der Waals surface area (Å²) in [6.07, 6.45) is 4.58. The average Bonchev–Trinajstić information content (AvgIpc) is 2.74. The number of benzene rings is 2. The fraction of sp³-hybridized carbons (Fsp3) is 0.136. The van der Waals surface area contributed by atoms with Crippen molar-refractivity contribution < 1.29 is 0 Å². The number of fused-ring (bicyclic) bond motifs is 1. The van der Waals surface area contributed by atoms with Gasteiger partial charge in [0.25, 0.3) is 5.56 Å². The molecule has 0 fully saturated rings. The molecule has 0 saturated heterocycles. The van der Waals surface area contributed by atoms with Crippen LogP contribution in [0.5, 0.6) is 0 Å². The summed E-state index contributed by atoms with van der Waals surface area (Å²) in [7, 11) is 0. The third-order valence-electron chi connectivity index (χ3n) is 4.56. The summed E-state index contributed by atoms with van der Waals surface area (Å²) >= 11 is 1.69. The fourth-order valence-electron chi connectivity index (χ4n) is 3.13. The highest BCUT2D eigenvalue weighted by atomic mass is 32.2. The predicted octanol–water partition coefficient (Wildman–Crippen LogP) is 4.36. The van der Waals surface area contributed by atoms with Gasteiger partial charge in [0, 0.05) is 17.6 Å². The molecule has 2 aromatic carbocycles. The smallest absolute Gasteiger partial charge is 0.262 e. The molecular weight excluding hydrogens is 368 g/mol. The Kier molecular flexibility index (Phi) is 5.39. The minimum atomic E-state index is -0.191. The third-order valence-corrected chi connectivity index (χ3v) is 5.30. The highest BCUT2D eigenvalue weighted by Crippen LogP contribution is 2.26. The van der Waals surface area contributed by atoms with E-state index in [0.29, 0.717) is 23.5 Å². The number of hydrogen-bond donors (Lipinski definition) is 2. The molecule has 2 N–H and O–H groups in total. The number of thioether (sulfide) groups is 1. The van der Waals surface area contributed by atoms with E-state index in [2.05, 4.69) is 32.4 Å². The standard InChI is InChI=1S/C22H20N4OS/c1-28-17-9-7-16(8-10-17)18-12-14-23-20-19(18)21(27)26-22(25-20)24-13-11-15-5-3-2-4-6-15/h2-10,12,14H,11,13H2,1H3,(H2,23,24,25,26,27). The van der Waals surface area contributed by atoms with Gasteiger partial charge in [-0.3, -0.25) is 9.78 Å². The zero-order valence-corrected chi connectivity index (χ0v) is 16.3. The first-order chi connectivity index (χ1) is 13.7. The van der Waals surface area contributed by atoms with Crippen LogP contribution >= 0.6 is 11.8 Å². The summed E-state index contributed by atoms with van der Waals surface area (Å²) in [5, 5.41) is 3.70. The maximum absolute atomic E-state index is 12.8. The molecule has 5 nitrogen and oxygen atoms in total. The van der Waals surface area contributed by atoms with E-state index in [4.69, 9.17) is 0 Å². The van der Waals surface area contributed by atoms with Crippen molar-refractivity contribution in [2.24, 2.45) is 0 Å². The van der Waals surface area contributed by atoms with Gasteiger partial charge in [-0.25, -0.2) is 4.98 Å². The number of pyridine rings is 1. The second-order valence-electron chi connectivity index (χ2n) is 6.36. The second-order valence-corrected chi connectivity index (χ2v) is 7.24. The van der Waals surface area contributed by atoms with Crippen molar-refractivity contribution in [3.63, 3.8) is 0 Å². The van der Waals surface area contributed by atoms with Crippen molar-refractivity contribution in [2.45, 2.75) is 11.3 Å². The first kappa shape index (κ1) is 18.3. The zero-order valence-electron chi connectivity index (χ0n) is 15.5. The summed E-state index contributed by atoms with van der Waals surface area (Å²) in [4.78, 5) is 25.6. The Hall–Kier alpha value is -3.12. The van der Waals surface area contributed by atoms with Gasteiger partial charge < -0.3 is 5.32 Å². The van der Waals surface area contributed by atoms with E-state index >= 15 is 0 Å². The Labute approximate surface area is 167 Å². The summed E-state index contributed by atoms with van der Waals surface area (Å²) in [6.45, 7) is 0.675. The van der Waals surface area contributed by atoms with Crippen LogP contribution < -0.4 is 10.9 Å². The normalized spacial score (nSPS) is 10.9. The minimum absolute atomic E-state index is 0.191. The molecule has 4 rings (SSSR count). The molecule has 6 heteroatoms. The molecular formula is C22H20N4OS. The lowest BCUT2D eigenvalue weighted by molar-refractivity contribution is 0.982. The lowest BCUT2D eigenvalue weighted by Gasteiger charge is -2.09. The van der Waals surface area contributed by atoms with Crippen LogP contribution in [0.1, 0.15) is 5.56 Å². The maximum Gasteiger partial charge on any atom is 0.262 e. The molecule has 0 radical (unpaired) electrons. The van der Waals surface area contributed by atoms with Gasteiger partial charge in [0.1, 0.15) is 0 Å². The molecule has 0 saturated carbocycles. The first-order valence-corrected chi connectivity index (χ1v) is 10.3. The number of anilines is 1. The summed E-state index contributed by atoms with van der Waals surface area (Å²) in [5.41, 5.74) is 3.29. The molecule has 2 aromatic heterocycles. The van der Waals surface area contributed by atoms with Crippen molar-refractivity contribution in [1.29, 1.82) is 0 Å². The number of nitrogens with zero attached hydrogens (tertiary/aromatic N) is 2. The van der Waals surface area contributed by atoms with Gasteiger partial charge in [-0.1, -0.05) is 42.5 Å². The highest BCUT2D eigenvalue weighted by molar-refractivity contribution is 7.98. The first-order valence-electron chi connectivity index (χ1n) is 9.06. The van der Waals surface area contributed by atoms with E-state index in [1.54, 1.807) is 18.0 Å². The molecule has 0 atom stereocenters. The maximum atomic E-state index is 12.8. The van der Waals surface area contributed by atoms with Gasteiger partial charge in [-0.05, 0) is 47.6 Å². The lowest BCUT2D eigenvalue weighted by atomic mass is 10.0. The molecule has 140 valence electrons. The van der Waals surface area contributed by atoms with Gasteiger partial charge in [-0.2, -0.15) is 4.98 Å². The Morgan fingerprint density at radius 2 is 1.82 bits per heavy atom. The lowest BCUT2D eigenvalue weighted by Crippen LogP contribution is -2.16. The average molecular weight is 388 g/mol. The topological polar surface area (TPSA) is 70.7 Å². The van der Waals surface area contributed by atoms with Crippen molar-refractivity contribution in [1.82, 2.24) is 15.0 Å². The van der Waals surface area contributed by atoms with Crippen LogP contribution in [-0.2, 0) is 6.42 Å². The molecule has 0 bridgehead atoms. The number of rotatable bonds is 6. The quantitative estimate of drug-likeness (QED) is 0.480. The van der Waals surface area contributed by atoms with Crippen molar-refractivity contribution >= 4 is 28.7 Å². The number of H-pyrrole nitrogens is 1. The van der Waals surface area contributed by atoms with Crippen LogP contribution in [0.15, 0.2) is 76.6 Å². The Morgan fingerprint density at radius 3 is 2.57 bits per heavy atom. The number of aromatic amines is 1. The summed E-state index contributed by atoms with van der Waals surface area (Å²) in [6, 6.07) is 20.2. The largest absolute Gasteiger partial charge is 0.355 e. The van der Waals surface area contributed by atoms with Crippen LogP contribution in [0.2, 0.25) is 0 Å². The third kappa shape index (κ3) is 3.92. The molecule has 0 amide bonds. The number of hydrogen-bond acceptors (Lipinski definition) is 5. The number of nitrogens with one attached hydrogen (secondary N) is 2. The fourth-order valence-corrected chi connectivity index (χ4v) is 3.54. The monoisotopic (exact) mass is 388 g/mol. The molecule has 0 unspecified atom stereocenters. The van der Waals surface area contributed by atoms with Crippen LogP contribution in [0.4, 0.5) is 5.95 Å². The van der Waals surface area contributed by atoms with E-state index in [0.717, 1.165) is 17.5 Å². The number of aromatic nitrogens is 3. The molecule has 4 aromatic rings. The Bertz CT molecular complexity index is 1140. The van der Waals surface area contributed by atoms with Gasteiger partial charge >= 0.3 is 0 Å². The molecule has 28 heavy (non-hydrogen) atoms. The van der Waals surface area contributed by atoms with Crippen LogP contribution in [0.3, 0.4) is 0 Å². The molecule has 0 aliphatic rings. The zero-order chi connectivity index (χ0) is 19.3. The highest BCUT2D eigenvalue weighted by Gasteiger charge is 2.11. The van der Waals surface area contributed by atoms with Crippen molar-refractivity contribution in [2.75, 3.05) is 18.1 Å². The van der Waals surface area contributed by atoms with E-state index < -0.39 is 0 Å². The van der Waals surface area contributed by atoms with Gasteiger partial charge in [0.05, 0.1) is 5.39 Å². The summed E-state index contributed by atoms with van der Waals surface area (Å²) in [5.74, 6) is 0.441. The van der Waals surface area contributed by atoms with Crippen molar-refractivity contribution in [3.05, 3.63) is 82.8 Å².